The third-order valence-electron chi connectivity index (χ3n) is 9.96. The average molecular weight is 617 g/mol. The fraction of sp³-hybridized carbons (Fsp3) is 0. The van der Waals surface area contributed by atoms with Crippen LogP contribution in [0.5, 0.6) is 23.0 Å². The van der Waals surface area contributed by atoms with Gasteiger partial charge in [-0.15, -0.1) is 0 Å². The summed E-state index contributed by atoms with van der Waals surface area (Å²) in [6.45, 7) is 0. The average Bonchev–Trinajstić information content (AvgIpc) is 3.14. The third-order valence-corrected chi connectivity index (χ3v) is 12.7. The van der Waals surface area contributed by atoms with Gasteiger partial charge >= 0.3 is 0 Å². The van der Waals surface area contributed by atoms with E-state index in [-0.39, 0.29) is 0 Å². The molecule has 0 radical (unpaired) electrons. The number of rotatable bonds is 1. The standard InChI is InChI=1S/C44H25O2P/c1-3-11-30-26(9-1)18-21-38-42(30)47-43-31-12-4-2-10-27(31)19-22-39(43)46-41-25-29(24-40(45-38)44(41)47)28-17-20-36-34-15-6-5-13-32(34)33-14-7-8-16-35(33)37(36)23-28/h1-25H. The Hall–Kier alpha value is -5.69. The van der Waals surface area contributed by atoms with E-state index < -0.39 is 7.92 Å². The third kappa shape index (κ3) is 3.54. The van der Waals surface area contributed by atoms with Crippen molar-refractivity contribution in [2.24, 2.45) is 0 Å². The Kier molecular flexibility index (Phi) is 5.11. The van der Waals surface area contributed by atoms with Gasteiger partial charge in [0, 0.05) is 18.5 Å². The van der Waals surface area contributed by atoms with Gasteiger partial charge in [-0.1, -0.05) is 121 Å². The molecule has 9 aromatic rings. The summed E-state index contributed by atoms with van der Waals surface area (Å²) in [5, 5.41) is 16.2. The van der Waals surface area contributed by atoms with Crippen LogP contribution in [-0.2, 0) is 0 Å². The molecule has 2 aliphatic heterocycles. The van der Waals surface area contributed by atoms with Crippen molar-refractivity contribution in [1.29, 1.82) is 0 Å². The zero-order chi connectivity index (χ0) is 30.6. The van der Waals surface area contributed by atoms with E-state index in [1.807, 2.05) is 0 Å². The van der Waals surface area contributed by atoms with Crippen LogP contribution in [0.3, 0.4) is 0 Å². The van der Waals surface area contributed by atoms with Gasteiger partial charge in [0.05, 0.1) is 5.30 Å². The fourth-order valence-corrected chi connectivity index (χ4v) is 10.8. The molecule has 0 aliphatic carbocycles. The second-order valence-corrected chi connectivity index (χ2v) is 14.5. The summed E-state index contributed by atoms with van der Waals surface area (Å²) in [6, 6.07) is 54.8. The van der Waals surface area contributed by atoms with E-state index in [0.29, 0.717) is 0 Å². The number of ether oxygens (including phenoxy) is 2. The molecule has 11 rings (SSSR count). The van der Waals surface area contributed by atoms with Gasteiger partial charge in [0.25, 0.3) is 0 Å². The minimum Gasteiger partial charge on any atom is -0.456 e. The lowest BCUT2D eigenvalue weighted by molar-refractivity contribution is 0.467. The topological polar surface area (TPSA) is 18.5 Å². The zero-order valence-corrected chi connectivity index (χ0v) is 26.1. The van der Waals surface area contributed by atoms with Gasteiger partial charge in [-0.25, -0.2) is 0 Å². The molecule has 0 aromatic heterocycles. The van der Waals surface area contributed by atoms with Crippen molar-refractivity contribution < 1.29 is 9.47 Å². The van der Waals surface area contributed by atoms with Crippen molar-refractivity contribution in [3.8, 4) is 34.1 Å². The summed E-state index contributed by atoms with van der Waals surface area (Å²) in [6.07, 6.45) is 0. The Bertz CT molecular complexity index is 2670. The van der Waals surface area contributed by atoms with Crippen molar-refractivity contribution in [1.82, 2.24) is 0 Å². The molecule has 3 heteroatoms. The molecule has 2 nitrogen and oxygen atoms in total. The first-order valence-electron chi connectivity index (χ1n) is 16.0. The smallest absolute Gasteiger partial charge is 0.140 e. The van der Waals surface area contributed by atoms with Crippen LogP contribution in [0.25, 0.3) is 65.0 Å². The highest BCUT2D eigenvalue weighted by atomic mass is 31.1. The fourth-order valence-electron chi connectivity index (χ4n) is 7.88. The molecule has 0 amide bonds. The molecule has 0 saturated carbocycles. The van der Waals surface area contributed by atoms with Crippen molar-refractivity contribution in [2.75, 3.05) is 0 Å². The first-order valence-corrected chi connectivity index (χ1v) is 17.4. The van der Waals surface area contributed by atoms with Crippen LogP contribution in [0.2, 0.25) is 0 Å². The molecule has 9 aromatic carbocycles. The Labute approximate surface area is 272 Å². The monoisotopic (exact) mass is 616 g/mol. The van der Waals surface area contributed by atoms with Crippen molar-refractivity contribution in [3.05, 3.63) is 152 Å². The molecule has 2 heterocycles. The summed E-state index contributed by atoms with van der Waals surface area (Å²) in [7, 11) is -0.954. The summed E-state index contributed by atoms with van der Waals surface area (Å²) in [5.41, 5.74) is 2.23. The number of benzene rings is 9. The summed E-state index contributed by atoms with van der Waals surface area (Å²) < 4.78 is 13.7. The maximum Gasteiger partial charge on any atom is 0.140 e. The van der Waals surface area contributed by atoms with Gasteiger partial charge < -0.3 is 9.47 Å². The quantitative estimate of drug-likeness (QED) is 0.135. The van der Waals surface area contributed by atoms with E-state index in [0.717, 1.165) is 39.4 Å². The highest BCUT2D eigenvalue weighted by molar-refractivity contribution is 7.81. The van der Waals surface area contributed by atoms with Crippen molar-refractivity contribution in [3.63, 3.8) is 0 Å². The summed E-state index contributed by atoms with van der Waals surface area (Å²) in [4.78, 5) is 0. The molecule has 0 N–H and O–H groups in total. The largest absolute Gasteiger partial charge is 0.456 e. The molecule has 0 unspecified atom stereocenters. The predicted molar refractivity (Wildman–Crippen MR) is 198 cm³/mol. The molecule has 218 valence electrons. The second kappa shape index (κ2) is 9.42. The van der Waals surface area contributed by atoms with Crippen LogP contribution in [0, 0.1) is 0 Å². The maximum atomic E-state index is 6.87. The Balaban J connectivity index is 1.18. The van der Waals surface area contributed by atoms with Gasteiger partial charge in [-0.05, 0) is 95.3 Å². The molecule has 2 aliphatic rings. The van der Waals surface area contributed by atoms with Gasteiger partial charge in [-0.2, -0.15) is 0 Å². The SMILES string of the molecule is c1ccc2c3c(ccc2c1)Oc1cc(-c2ccc4c5ccccc5c5ccccc5c4c2)cc2c1P3c1c(ccc3ccccc13)O2. The minimum absolute atomic E-state index is 0.883. The van der Waals surface area contributed by atoms with Crippen molar-refractivity contribution in [2.45, 2.75) is 0 Å². The lowest BCUT2D eigenvalue weighted by Crippen LogP contribution is -2.32. The lowest BCUT2D eigenvalue weighted by atomic mass is 9.92. The normalized spacial score (nSPS) is 13.4. The zero-order valence-electron chi connectivity index (χ0n) is 25.2. The van der Waals surface area contributed by atoms with Gasteiger partial charge in [0.15, 0.2) is 0 Å². The highest BCUT2D eigenvalue weighted by Gasteiger charge is 2.39. The molecule has 0 atom stereocenters. The van der Waals surface area contributed by atoms with Crippen LogP contribution in [0.1, 0.15) is 0 Å². The Morgan fingerprint density at radius 3 is 1.28 bits per heavy atom. The molecule has 0 bridgehead atoms. The van der Waals surface area contributed by atoms with E-state index >= 15 is 0 Å². The molecule has 47 heavy (non-hydrogen) atoms. The van der Waals surface area contributed by atoms with Gasteiger partial charge in [-0.3, -0.25) is 0 Å². The maximum absolute atomic E-state index is 6.87. The Morgan fingerprint density at radius 2 is 0.745 bits per heavy atom. The number of hydrogen-bond acceptors (Lipinski definition) is 2. The van der Waals surface area contributed by atoms with Crippen molar-refractivity contribution >= 4 is 77.7 Å². The molecule has 0 spiro atoms. The summed E-state index contributed by atoms with van der Waals surface area (Å²) in [5.74, 6) is 3.63. The van der Waals surface area contributed by atoms with Crippen LogP contribution in [0.15, 0.2) is 152 Å². The molecule has 0 fully saturated rings. The van der Waals surface area contributed by atoms with Crippen LogP contribution in [-0.4, -0.2) is 0 Å². The van der Waals surface area contributed by atoms with E-state index in [1.54, 1.807) is 0 Å². The summed E-state index contributed by atoms with van der Waals surface area (Å²) >= 11 is 0. The first-order chi connectivity index (χ1) is 23.3. The molecular weight excluding hydrogens is 591 g/mol. The highest BCUT2D eigenvalue weighted by Crippen LogP contribution is 2.56. The van der Waals surface area contributed by atoms with Gasteiger partial charge in [0.1, 0.15) is 23.0 Å². The van der Waals surface area contributed by atoms with Gasteiger partial charge in [0.2, 0.25) is 0 Å². The first kappa shape index (κ1) is 25.5. The lowest BCUT2D eigenvalue weighted by Gasteiger charge is -2.36. The minimum atomic E-state index is -0.954. The van der Waals surface area contributed by atoms with E-state index in [9.17, 15) is 0 Å². The van der Waals surface area contributed by atoms with E-state index in [4.69, 9.17) is 9.47 Å². The van der Waals surface area contributed by atoms with E-state index in [1.165, 1.54) is 64.5 Å². The Morgan fingerprint density at radius 1 is 0.298 bits per heavy atom. The molecular formula is C44H25O2P. The second-order valence-electron chi connectivity index (χ2n) is 12.5. The van der Waals surface area contributed by atoms with Crippen LogP contribution >= 0.6 is 7.92 Å². The predicted octanol–water partition coefficient (Wildman–Crippen LogP) is 11.1. The number of hydrogen-bond donors (Lipinski definition) is 0. The number of fused-ring (bicyclic) bond motifs is 14. The molecule has 0 saturated heterocycles. The van der Waals surface area contributed by atoms with Crippen LogP contribution < -0.4 is 25.4 Å². The van der Waals surface area contributed by atoms with Crippen LogP contribution in [0.4, 0.5) is 0 Å². The van der Waals surface area contributed by atoms with E-state index in [2.05, 4.69) is 152 Å².